The van der Waals surface area contributed by atoms with Gasteiger partial charge in [-0.1, -0.05) is 0 Å². The van der Waals surface area contributed by atoms with Gasteiger partial charge in [0.15, 0.2) is 0 Å². The average Bonchev–Trinajstić information content (AvgIpc) is 2.97. The van der Waals surface area contributed by atoms with E-state index >= 15 is 0 Å². The SMILES string of the molecule is COCCNS(=O)(=O)C(C)CNC1CC1. The van der Waals surface area contributed by atoms with Gasteiger partial charge < -0.3 is 10.1 Å². The van der Waals surface area contributed by atoms with E-state index in [1.54, 1.807) is 14.0 Å². The molecule has 1 aliphatic carbocycles. The summed E-state index contributed by atoms with van der Waals surface area (Å²) >= 11 is 0. The molecule has 0 aromatic carbocycles. The van der Waals surface area contributed by atoms with Crippen molar-refractivity contribution in [3.8, 4) is 0 Å². The van der Waals surface area contributed by atoms with E-state index < -0.39 is 15.3 Å². The van der Waals surface area contributed by atoms with Crippen molar-refractivity contribution in [3.05, 3.63) is 0 Å². The predicted octanol–water partition coefficient (Wildman–Crippen LogP) is -0.307. The van der Waals surface area contributed by atoms with E-state index in [4.69, 9.17) is 4.74 Å². The molecule has 5 nitrogen and oxygen atoms in total. The first-order valence-electron chi connectivity index (χ1n) is 5.27. The lowest BCUT2D eigenvalue weighted by Crippen LogP contribution is -2.40. The summed E-state index contributed by atoms with van der Waals surface area (Å²) < 4.78 is 30.6. The van der Waals surface area contributed by atoms with Crippen LogP contribution in [0.25, 0.3) is 0 Å². The summed E-state index contributed by atoms with van der Waals surface area (Å²) in [7, 11) is -1.64. The highest BCUT2D eigenvalue weighted by Gasteiger charge is 2.25. The van der Waals surface area contributed by atoms with Crippen LogP contribution in [0.15, 0.2) is 0 Å². The number of hydrogen-bond donors (Lipinski definition) is 2. The van der Waals surface area contributed by atoms with E-state index in [2.05, 4.69) is 10.0 Å². The first kappa shape index (κ1) is 12.9. The van der Waals surface area contributed by atoms with E-state index in [9.17, 15) is 8.42 Å². The Morgan fingerprint density at radius 2 is 2.13 bits per heavy atom. The maximum Gasteiger partial charge on any atom is 0.215 e. The van der Waals surface area contributed by atoms with Gasteiger partial charge in [-0.25, -0.2) is 13.1 Å². The third-order valence-electron chi connectivity index (χ3n) is 2.41. The zero-order valence-electron chi connectivity index (χ0n) is 9.32. The number of rotatable bonds is 8. The van der Waals surface area contributed by atoms with Crippen LogP contribution in [0.1, 0.15) is 19.8 Å². The van der Waals surface area contributed by atoms with Crippen molar-refractivity contribution in [1.82, 2.24) is 10.0 Å². The Kier molecular flexibility index (Phi) is 4.98. The van der Waals surface area contributed by atoms with Crippen LogP contribution in [0.4, 0.5) is 0 Å². The number of sulfonamides is 1. The van der Waals surface area contributed by atoms with Gasteiger partial charge in [0.2, 0.25) is 10.0 Å². The molecule has 0 heterocycles. The normalized spacial score (nSPS) is 19.1. The van der Waals surface area contributed by atoms with E-state index in [-0.39, 0.29) is 0 Å². The Balaban J connectivity index is 2.23. The lowest BCUT2D eigenvalue weighted by Gasteiger charge is -2.14. The smallest absolute Gasteiger partial charge is 0.215 e. The Morgan fingerprint density at radius 3 is 2.67 bits per heavy atom. The molecule has 1 atom stereocenters. The molecule has 1 aliphatic rings. The molecule has 0 aromatic heterocycles. The van der Waals surface area contributed by atoms with Crippen LogP contribution in [0.3, 0.4) is 0 Å². The highest BCUT2D eigenvalue weighted by atomic mass is 32.2. The second-order valence-electron chi connectivity index (χ2n) is 3.93. The Labute approximate surface area is 91.6 Å². The Bertz CT molecular complexity index is 275. The third kappa shape index (κ3) is 4.92. The number of hydrogen-bond acceptors (Lipinski definition) is 4. The Hall–Kier alpha value is -0.170. The third-order valence-corrected chi connectivity index (χ3v) is 4.24. The minimum Gasteiger partial charge on any atom is -0.383 e. The molecular weight excluding hydrogens is 216 g/mol. The van der Waals surface area contributed by atoms with Crippen LogP contribution in [-0.2, 0) is 14.8 Å². The molecule has 0 aromatic rings. The first-order chi connectivity index (χ1) is 7.06. The number of nitrogens with one attached hydrogen (secondary N) is 2. The summed E-state index contributed by atoms with van der Waals surface area (Å²) in [4.78, 5) is 0. The maximum atomic E-state index is 11.6. The molecule has 1 saturated carbocycles. The largest absolute Gasteiger partial charge is 0.383 e. The quantitative estimate of drug-likeness (QED) is 0.567. The van der Waals surface area contributed by atoms with E-state index in [0.717, 1.165) is 0 Å². The number of ether oxygens (including phenoxy) is 1. The van der Waals surface area contributed by atoms with Crippen LogP contribution in [-0.4, -0.2) is 46.5 Å². The van der Waals surface area contributed by atoms with E-state index in [1.807, 2.05) is 0 Å². The molecule has 15 heavy (non-hydrogen) atoms. The highest BCUT2D eigenvalue weighted by Crippen LogP contribution is 2.18. The van der Waals surface area contributed by atoms with Gasteiger partial charge in [-0.3, -0.25) is 0 Å². The lowest BCUT2D eigenvalue weighted by molar-refractivity contribution is 0.204. The van der Waals surface area contributed by atoms with Crippen molar-refractivity contribution < 1.29 is 13.2 Å². The zero-order valence-corrected chi connectivity index (χ0v) is 10.1. The molecule has 0 aliphatic heterocycles. The molecule has 0 saturated heterocycles. The second-order valence-corrected chi connectivity index (χ2v) is 6.11. The standard InChI is InChI=1S/C9H20N2O3S/c1-8(7-10-9-3-4-9)15(12,13)11-5-6-14-2/h8-11H,3-7H2,1-2H3. The summed E-state index contributed by atoms with van der Waals surface area (Å²) in [6, 6.07) is 0.543. The van der Waals surface area contributed by atoms with Crippen molar-refractivity contribution in [3.63, 3.8) is 0 Å². The van der Waals surface area contributed by atoms with Gasteiger partial charge in [-0.2, -0.15) is 0 Å². The summed E-state index contributed by atoms with van der Waals surface area (Å²) in [6.45, 7) is 2.98. The molecule has 0 spiro atoms. The van der Waals surface area contributed by atoms with Crippen molar-refractivity contribution in [2.75, 3.05) is 26.8 Å². The topological polar surface area (TPSA) is 67.4 Å². The van der Waals surface area contributed by atoms with Crippen molar-refractivity contribution in [2.24, 2.45) is 0 Å². The minimum absolute atomic E-state index is 0.340. The van der Waals surface area contributed by atoms with Gasteiger partial charge >= 0.3 is 0 Å². The van der Waals surface area contributed by atoms with E-state index in [1.165, 1.54) is 12.8 Å². The summed E-state index contributed by atoms with van der Waals surface area (Å²) in [5, 5.41) is 2.81. The zero-order chi connectivity index (χ0) is 11.3. The molecule has 2 N–H and O–H groups in total. The lowest BCUT2D eigenvalue weighted by atomic mass is 10.4. The van der Waals surface area contributed by atoms with Gasteiger partial charge in [0.1, 0.15) is 0 Å². The maximum absolute atomic E-state index is 11.6. The summed E-state index contributed by atoms with van der Waals surface area (Å²) in [5.74, 6) is 0. The molecule has 6 heteroatoms. The first-order valence-corrected chi connectivity index (χ1v) is 6.81. The number of methoxy groups -OCH3 is 1. The molecule has 1 fully saturated rings. The van der Waals surface area contributed by atoms with Crippen LogP contribution >= 0.6 is 0 Å². The van der Waals surface area contributed by atoms with Crippen molar-refractivity contribution in [1.29, 1.82) is 0 Å². The summed E-state index contributed by atoms with van der Waals surface area (Å²) in [5.41, 5.74) is 0. The monoisotopic (exact) mass is 236 g/mol. The van der Waals surface area contributed by atoms with Crippen molar-refractivity contribution >= 4 is 10.0 Å². The highest BCUT2D eigenvalue weighted by molar-refractivity contribution is 7.90. The fourth-order valence-corrected chi connectivity index (χ4v) is 2.13. The second kappa shape index (κ2) is 5.79. The van der Waals surface area contributed by atoms with Gasteiger partial charge in [-0.15, -0.1) is 0 Å². The van der Waals surface area contributed by atoms with Gasteiger partial charge in [0.05, 0.1) is 11.9 Å². The fourth-order valence-electron chi connectivity index (χ4n) is 1.16. The minimum atomic E-state index is -3.19. The molecule has 0 radical (unpaired) electrons. The average molecular weight is 236 g/mol. The van der Waals surface area contributed by atoms with Gasteiger partial charge in [0.25, 0.3) is 0 Å². The summed E-state index contributed by atoms with van der Waals surface area (Å²) in [6.07, 6.45) is 2.34. The van der Waals surface area contributed by atoms with Crippen LogP contribution < -0.4 is 10.0 Å². The Morgan fingerprint density at radius 1 is 1.47 bits per heavy atom. The predicted molar refractivity (Wildman–Crippen MR) is 59.3 cm³/mol. The van der Waals surface area contributed by atoms with E-state index in [0.29, 0.717) is 25.7 Å². The molecule has 0 bridgehead atoms. The van der Waals surface area contributed by atoms with Crippen LogP contribution in [0.2, 0.25) is 0 Å². The van der Waals surface area contributed by atoms with Crippen LogP contribution in [0.5, 0.6) is 0 Å². The van der Waals surface area contributed by atoms with Gasteiger partial charge in [0, 0.05) is 26.2 Å². The molecule has 1 rings (SSSR count). The molecule has 90 valence electrons. The molecular formula is C9H20N2O3S. The fraction of sp³-hybridized carbons (Fsp3) is 1.00. The molecule has 1 unspecified atom stereocenters. The van der Waals surface area contributed by atoms with Crippen molar-refractivity contribution in [2.45, 2.75) is 31.1 Å². The van der Waals surface area contributed by atoms with Gasteiger partial charge in [-0.05, 0) is 19.8 Å². The molecule has 0 amide bonds. The van der Waals surface area contributed by atoms with Crippen LogP contribution in [0, 0.1) is 0 Å².